The van der Waals surface area contributed by atoms with Gasteiger partial charge in [0.2, 0.25) is 0 Å². The Morgan fingerprint density at radius 2 is 1.90 bits per heavy atom. The van der Waals surface area contributed by atoms with Crippen LogP contribution >= 0.6 is 0 Å². The first kappa shape index (κ1) is 17.9. The van der Waals surface area contributed by atoms with E-state index >= 15 is 0 Å². The van der Waals surface area contributed by atoms with E-state index in [0.29, 0.717) is 6.04 Å². The molecule has 0 bridgehead atoms. The SMILES string of the molecule is CCNC(CCN(CC)CC)c1cncc(OC(C)C)c1. The van der Waals surface area contributed by atoms with Crippen LogP contribution in [0.3, 0.4) is 0 Å². The Hall–Kier alpha value is -1.13. The minimum absolute atomic E-state index is 0.176. The first-order chi connectivity index (χ1) is 10.1. The molecule has 0 aliphatic heterocycles. The molecule has 21 heavy (non-hydrogen) atoms. The van der Waals surface area contributed by atoms with E-state index in [9.17, 15) is 0 Å². The summed E-state index contributed by atoms with van der Waals surface area (Å²) in [6.07, 6.45) is 5.00. The van der Waals surface area contributed by atoms with Crippen LogP contribution in [0.2, 0.25) is 0 Å². The Kier molecular flexibility index (Phi) is 8.31. The molecule has 1 unspecified atom stereocenters. The molecule has 0 spiro atoms. The summed E-state index contributed by atoms with van der Waals surface area (Å²) in [6.45, 7) is 14.9. The van der Waals surface area contributed by atoms with Crippen LogP contribution in [0, 0.1) is 0 Å². The first-order valence-corrected chi connectivity index (χ1v) is 8.17. The molecule has 0 fully saturated rings. The van der Waals surface area contributed by atoms with Crippen molar-refractivity contribution in [1.82, 2.24) is 15.2 Å². The molecule has 120 valence electrons. The molecule has 1 aromatic heterocycles. The van der Waals surface area contributed by atoms with Crippen LogP contribution in [-0.4, -0.2) is 42.2 Å². The van der Waals surface area contributed by atoms with E-state index < -0.39 is 0 Å². The maximum Gasteiger partial charge on any atom is 0.138 e. The summed E-state index contributed by atoms with van der Waals surface area (Å²) in [5.41, 5.74) is 1.21. The molecule has 1 heterocycles. The van der Waals surface area contributed by atoms with Crippen molar-refractivity contribution in [1.29, 1.82) is 0 Å². The van der Waals surface area contributed by atoms with E-state index in [4.69, 9.17) is 4.74 Å². The zero-order valence-corrected chi connectivity index (χ0v) is 14.2. The van der Waals surface area contributed by atoms with Gasteiger partial charge < -0.3 is 15.0 Å². The largest absolute Gasteiger partial charge is 0.489 e. The smallest absolute Gasteiger partial charge is 0.138 e. The Labute approximate surface area is 129 Å². The quantitative estimate of drug-likeness (QED) is 0.718. The molecule has 0 aliphatic carbocycles. The van der Waals surface area contributed by atoms with E-state index in [-0.39, 0.29) is 6.10 Å². The average molecular weight is 293 g/mol. The molecule has 1 rings (SSSR count). The summed E-state index contributed by atoms with van der Waals surface area (Å²) in [5, 5.41) is 3.56. The third-order valence-electron chi connectivity index (χ3n) is 3.59. The summed E-state index contributed by atoms with van der Waals surface area (Å²) < 4.78 is 5.75. The highest BCUT2D eigenvalue weighted by Gasteiger charge is 2.13. The third-order valence-corrected chi connectivity index (χ3v) is 3.59. The van der Waals surface area contributed by atoms with Gasteiger partial charge >= 0.3 is 0 Å². The monoisotopic (exact) mass is 293 g/mol. The highest BCUT2D eigenvalue weighted by molar-refractivity contribution is 5.26. The molecule has 0 aromatic carbocycles. The lowest BCUT2D eigenvalue weighted by molar-refractivity contribution is 0.240. The van der Waals surface area contributed by atoms with E-state index in [1.165, 1.54) is 5.56 Å². The van der Waals surface area contributed by atoms with Gasteiger partial charge in [0.15, 0.2) is 0 Å². The maximum atomic E-state index is 5.75. The summed E-state index contributed by atoms with van der Waals surface area (Å²) >= 11 is 0. The molecular weight excluding hydrogens is 262 g/mol. The van der Waals surface area contributed by atoms with Crippen molar-refractivity contribution >= 4 is 0 Å². The topological polar surface area (TPSA) is 37.4 Å². The molecular formula is C17H31N3O. The molecule has 1 aromatic rings. The number of nitrogens with zero attached hydrogens (tertiary/aromatic N) is 2. The van der Waals surface area contributed by atoms with Crippen LogP contribution in [0.5, 0.6) is 5.75 Å². The van der Waals surface area contributed by atoms with Gasteiger partial charge in [0.05, 0.1) is 12.3 Å². The number of aromatic nitrogens is 1. The van der Waals surface area contributed by atoms with Gasteiger partial charge in [-0.15, -0.1) is 0 Å². The summed E-state index contributed by atoms with van der Waals surface area (Å²) in [6, 6.07) is 2.45. The maximum absolute atomic E-state index is 5.75. The zero-order valence-electron chi connectivity index (χ0n) is 14.2. The normalized spacial score (nSPS) is 12.9. The second kappa shape index (κ2) is 9.74. The standard InChI is InChI=1S/C17H31N3O/c1-6-19-17(9-10-20(7-2)8-3)15-11-16(13-18-12-15)21-14(4)5/h11-14,17,19H,6-10H2,1-5H3. The Morgan fingerprint density at radius 1 is 1.19 bits per heavy atom. The van der Waals surface area contributed by atoms with Crippen molar-refractivity contribution in [3.8, 4) is 5.75 Å². The van der Waals surface area contributed by atoms with Crippen molar-refractivity contribution in [2.24, 2.45) is 0 Å². The molecule has 1 N–H and O–H groups in total. The van der Waals surface area contributed by atoms with E-state index in [1.807, 2.05) is 20.0 Å². The fourth-order valence-electron chi connectivity index (χ4n) is 2.45. The summed E-state index contributed by atoms with van der Waals surface area (Å²) in [7, 11) is 0. The second-order valence-electron chi connectivity index (χ2n) is 5.55. The van der Waals surface area contributed by atoms with Gasteiger partial charge in [-0.25, -0.2) is 0 Å². The molecule has 0 aliphatic rings. The van der Waals surface area contributed by atoms with E-state index in [0.717, 1.165) is 38.3 Å². The number of pyridine rings is 1. The van der Waals surface area contributed by atoms with Gasteiger partial charge in [0.25, 0.3) is 0 Å². The summed E-state index contributed by atoms with van der Waals surface area (Å²) in [5.74, 6) is 0.855. The van der Waals surface area contributed by atoms with Gasteiger partial charge in [-0.2, -0.15) is 0 Å². The van der Waals surface area contributed by atoms with Crippen LogP contribution < -0.4 is 10.1 Å². The van der Waals surface area contributed by atoms with Crippen LogP contribution in [0.15, 0.2) is 18.5 Å². The Bertz CT molecular complexity index is 391. The van der Waals surface area contributed by atoms with Gasteiger partial charge in [-0.05, 0) is 58.1 Å². The molecule has 0 radical (unpaired) electrons. The second-order valence-corrected chi connectivity index (χ2v) is 5.55. The minimum Gasteiger partial charge on any atom is -0.489 e. The van der Waals surface area contributed by atoms with Crippen molar-refractivity contribution in [3.05, 3.63) is 24.0 Å². The average Bonchev–Trinajstić information content (AvgIpc) is 2.46. The van der Waals surface area contributed by atoms with Crippen LogP contribution in [-0.2, 0) is 0 Å². The van der Waals surface area contributed by atoms with Crippen LogP contribution in [0.25, 0.3) is 0 Å². The highest BCUT2D eigenvalue weighted by atomic mass is 16.5. The lowest BCUT2D eigenvalue weighted by Crippen LogP contribution is -2.29. The predicted octanol–water partition coefficient (Wildman–Crippen LogP) is 3.25. The molecule has 4 nitrogen and oxygen atoms in total. The minimum atomic E-state index is 0.176. The van der Waals surface area contributed by atoms with E-state index in [2.05, 4.69) is 42.0 Å². The number of hydrogen-bond donors (Lipinski definition) is 1. The first-order valence-electron chi connectivity index (χ1n) is 8.17. The Balaban J connectivity index is 2.74. The van der Waals surface area contributed by atoms with Gasteiger partial charge in [-0.3, -0.25) is 4.98 Å². The number of ether oxygens (including phenoxy) is 1. The fraction of sp³-hybridized carbons (Fsp3) is 0.706. The third kappa shape index (κ3) is 6.44. The van der Waals surface area contributed by atoms with Crippen LogP contribution in [0.4, 0.5) is 0 Å². The number of hydrogen-bond acceptors (Lipinski definition) is 4. The predicted molar refractivity (Wildman–Crippen MR) is 88.8 cm³/mol. The van der Waals surface area contributed by atoms with Crippen molar-refractivity contribution in [2.45, 2.75) is 53.2 Å². The van der Waals surface area contributed by atoms with E-state index in [1.54, 1.807) is 6.20 Å². The van der Waals surface area contributed by atoms with Crippen molar-refractivity contribution < 1.29 is 4.74 Å². The molecule has 0 saturated carbocycles. The highest BCUT2D eigenvalue weighted by Crippen LogP contribution is 2.21. The van der Waals surface area contributed by atoms with Crippen molar-refractivity contribution in [2.75, 3.05) is 26.2 Å². The lowest BCUT2D eigenvalue weighted by atomic mass is 10.1. The molecule has 4 heteroatoms. The van der Waals surface area contributed by atoms with Crippen molar-refractivity contribution in [3.63, 3.8) is 0 Å². The van der Waals surface area contributed by atoms with Gasteiger partial charge in [0, 0.05) is 12.2 Å². The zero-order chi connectivity index (χ0) is 15.7. The molecule has 0 amide bonds. The van der Waals surface area contributed by atoms with Crippen LogP contribution in [0.1, 0.15) is 52.6 Å². The number of rotatable bonds is 10. The summed E-state index contributed by atoms with van der Waals surface area (Å²) in [4.78, 5) is 6.78. The lowest BCUT2D eigenvalue weighted by Gasteiger charge is -2.24. The molecule has 1 atom stereocenters. The Morgan fingerprint density at radius 3 is 2.48 bits per heavy atom. The number of nitrogens with one attached hydrogen (secondary N) is 1. The molecule has 0 saturated heterocycles. The van der Waals surface area contributed by atoms with Gasteiger partial charge in [0.1, 0.15) is 5.75 Å². The van der Waals surface area contributed by atoms with Gasteiger partial charge in [-0.1, -0.05) is 20.8 Å². The fourth-order valence-corrected chi connectivity index (χ4v) is 2.45.